The number of benzene rings is 2. The number of phenolic OH excluding ortho intramolecular Hbond substituents is 1. The van der Waals surface area contributed by atoms with Gasteiger partial charge in [0.2, 0.25) is 0 Å². The van der Waals surface area contributed by atoms with Gasteiger partial charge in [-0.2, -0.15) is 4.72 Å². The molecule has 0 aliphatic heterocycles. The number of aryl methyl sites for hydroxylation is 2. The third kappa shape index (κ3) is 5.15. The van der Waals surface area contributed by atoms with Gasteiger partial charge in [0.25, 0.3) is 10.0 Å². The summed E-state index contributed by atoms with van der Waals surface area (Å²) in [7, 11) is -2.28. The highest BCUT2D eigenvalue weighted by Gasteiger charge is 2.28. The first-order valence-electron chi connectivity index (χ1n) is 10.3. The van der Waals surface area contributed by atoms with Crippen LogP contribution >= 0.6 is 11.3 Å². The summed E-state index contributed by atoms with van der Waals surface area (Å²) >= 11 is 0.977. The van der Waals surface area contributed by atoms with Crippen LogP contribution in [0.5, 0.6) is 5.75 Å². The summed E-state index contributed by atoms with van der Waals surface area (Å²) in [5, 5.41) is 20.2. The average molecular weight is 495 g/mol. The molecule has 0 aliphatic rings. The SMILES string of the molecule is Cc1ccc(C#Cc2ccc(S(=O)(=O)N[C@@H](Cc3cn(C)c4ccc(O)cc34)C(=O)O)s2)cc1. The van der Waals surface area contributed by atoms with Crippen LogP contribution in [0.1, 0.15) is 21.6 Å². The molecule has 174 valence electrons. The minimum atomic E-state index is -4.08. The van der Waals surface area contributed by atoms with Crippen molar-refractivity contribution in [3.63, 3.8) is 0 Å². The minimum absolute atomic E-state index is 0.0116. The number of sulfonamides is 1. The number of phenols is 1. The lowest BCUT2D eigenvalue weighted by atomic mass is 10.1. The van der Waals surface area contributed by atoms with Crippen molar-refractivity contribution >= 4 is 38.2 Å². The minimum Gasteiger partial charge on any atom is -0.508 e. The zero-order valence-electron chi connectivity index (χ0n) is 18.4. The first-order valence-corrected chi connectivity index (χ1v) is 12.6. The number of carbonyl (C=O) groups is 1. The lowest BCUT2D eigenvalue weighted by Crippen LogP contribution is -2.42. The van der Waals surface area contributed by atoms with Gasteiger partial charge in [-0.1, -0.05) is 29.5 Å². The van der Waals surface area contributed by atoms with Gasteiger partial charge < -0.3 is 14.8 Å². The zero-order chi connectivity index (χ0) is 24.5. The predicted molar refractivity (Wildman–Crippen MR) is 132 cm³/mol. The van der Waals surface area contributed by atoms with E-state index < -0.39 is 22.0 Å². The van der Waals surface area contributed by atoms with Crippen LogP contribution in [-0.2, 0) is 28.3 Å². The number of aromatic hydroxyl groups is 1. The normalized spacial score (nSPS) is 12.3. The summed E-state index contributed by atoms with van der Waals surface area (Å²) in [5.41, 5.74) is 3.34. The molecule has 0 spiro atoms. The molecule has 34 heavy (non-hydrogen) atoms. The molecule has 2 heterocycles. The standard InChI is InChI=1S/C25H22N2O5S2/c1-16-3-5-17(6-4-16)7-9-20-10-12-24(33-20)34(31,32)26-22(25(29)30)13-18-15-27(2)23-11-8-19(28)14-21(18)23/h3-6,8,10-12,14-15,22,26,28H,13H2,1-2H3,(H,29,30)/t22-/m0/s1. The van der Waals surface area contributed by atoms with Crippen LogP contribution < -0.4 is 4.72 Å². The van der Waals surface area contributed by atoms with Crippen molar-refractivity contribution in [2.45, 2.75) is 23.6 Å². The van der Waals surface area contributed by atoms with Crippen molar-refractivity contribution in [1.82, 2.24) is 9.29 Å². The fourth-order valence-corrected chi connectivity index (χ4v) is 5.94. The summed E-state index contributed by atoms with van der Waals surface area (Å²) in [6.45, 7) is 1.98. The molecule has 0 bridgehead atoms. The number of rotatable bonds is 6. The van der Waals surface area contributed by atoms with Gasteiger partial charge in [0.15, 0.2) is 0 Å². The van der Waals surface area contributed by atoms with Crippen molar-refractivity contribution in [3.05, 3.63) is 82.4 Å². The molecule has 1 atom stereocenters. The van der Waals surface area contributed by atoms with E-state index in [0.717, 1.165) is 28.0 Å². The highest BCUT2D eigenvalue weighted by atomic mass is 32.2. The third-order valence-electron chi connectivity index (χ3n) is 5.30. The van der Waals surface area contributed by atoms with E-state index in [2.05, 4.69) is 16.6 Å². The molecule has 2 aromatic carbocycles. The van der Waals surface area contributed by atoms with Crippen molar-refractivity contribution < 1.29 is 23.4 Å². The van der Waals surface area contributed by atoms with Crippen LogP contribution in [0, 0.1) is 18.8 Å². The number of nitrogens with zero attached hydrogens (tertiary/aromatic N) is 1. The highest BCUT2D eigenvalue weighted by molar-refractivity contribution is 7.91. The molecule has 0 saturated carbocycles. The second-order valence-electron chi connectivity index (χ2n) is 7.92. The van der Waals surface area contributed by atoms with Gasteiger partial charge in [0.1, 0.15) is 16.0 Å². The van der Waals surface area contributed by atoms with Gasteiger partial charge in [0, 0.05) is 36.1 Å². The van der Waals surface area contributed by atoms with E-state index in [1.165, 1.54) is 12.1 Å². The largest absolute Gasteiger partial charge is 0.508 e. The third-order valence-corrected chi connectivity index (χ3v) is 8.27. The van der Waals surface area contributed by atoms with Gasteiger partial charge in [-0.05, 0) is 55.0 Å². The van der Waals surface area contributed by atoms with E-state index in [1.807, 2.05) is 31.2 Å². The quantitative estimate of drug-likeness (QED) is 0.355. The van der Waals surface area contributed by atoms with Crippen LogP contribution in [0.4, 0.5) is 0 Å². The Morgan fingerprint density at radius 3 is 2.56 bits per heavy atom. The monoisotopic (exact) mass is 494 g/mol. The Balaban J connectivity index is 1.55. The molecule has 0 fully saturated rings. The molecule has 4 aromatic rings. The molecule has 0 radical (unpaired) electrons. The van der Waals surface area contributed by atoms with Crippen LogP contribution in [0.3, 0.4) is 0 Å². The molecule has 0 amide bonds. The van der Waals surface area contributed by atoms with E-state index in [0.29, 0.717) is 15.8 Å². The summed E-state index contributed by atoms with van der Waals surface area (Å²) in [6, 6.07) is 14.1. The first kappa shape index (κ1) is 23.6. The summed E-state index contributed by atoms with van der Waals surface area (Å²) in [4.78, 5) is 12.5. The number of hydrogen-bond acceptors (Lipinski definition) is 5. The Hall–Kier alpha value is -3.58. The Bertz CT molecular complexity index is 1540. The number of aromatic nitrogens is 1. The topological polar surface area (TPSA) is 109 Å². The number of aliphatic carboxylic acids is 1. The second kappa shape index (κ2) is 9.35. The number of carboxylic acid groups (broad SMARTS) is 1. The van der Waals surface area contributed by atoms with Gasteiger partial charge in [-0.3, -0.25) is 4.79 Å². The first-order chi connectivity index (χ1) is 16.1. The molecule has 3 N–H and O–H groups in total. The predicted octanol–water partition coefficient (Wildman–Crippen LogP) is 3.63. The Kier molecular flexibility index (Phi) is 6.48. The van der Waals surface area contributed by atoms with Crippen LogP contribution in [0.15, 0.2) is 65.0 Å². The van der Waals surface area contributed by atoms with Crippen molar-refractivity contribution in [3.8, 4) is 17.6 Å². The molecular weight excluding hydrogens is 472 g/mol. The molecular formula is C25H22N2O5S2. The molecule has 0 saturated heterocycles. The number of thiophene rings is 1. The Morgan fingerprint density at radius 2 is 1.85 bits per heavy atom. The lowest BCUT2D eigenvalue weighted by molar-refractivity contribution is -0.138. The fourth-order valence-electron chi connectivity index (χ4n) is 3.57. The smallest absolute Gasteiger partial charge is 0.322 e. The second-order valence-corrected chi connectivity index (χ2v) is 10.9. The molecule has 0 aliphatic carbocycles. The van der Waals surface area contributed by atoms with Gasteiger partial charge in [-0.15, -0.1) is 11.3 Å². The van der Waals surface area contributed by atoms with E-state index in [4.69, 9.17) is 0 Å². The molecule has 4 rings (SSSR count). The van der Waals surface area contributed by atoms with E-state index >= 15 is 0 Å². The summed E-state index contributed by atoms with van der Waals surface area (Å²) in [6.07, 6.45) is 1.65. The number of fused-ring (bicyclic) bond motifs is 1. The summed E-state index contributed by atoms with van der Waals surface area (Å²) < 4.78 is 29.9. The van der Waals surface area contributed by atoms with Gasteiger partial charge in [0.05, 0.1) is 4.88 Å². The fraction of sp³-hybridized carbons (Fsp3) is 0.160. The highest BCUT2D eigenvalue weighted by Crippen LogP contribution is 2.27. The van der Waals surface area contributed by atoms with Crippen LogP contribution in [-0.4, -0.2) is 35.2 Å². The van der Waals surface area contributed by atoms with Crippen LogP contribution in [0.2, 0.25) is 0 Å². The van der Waals surface area contributed by atoms with Gasteiger partial charge in [-0.25, -0.2) is 8.42 Å². The van der Waals surface area contributed by atoms with E-state index in [9.17, 15) is 23.4 Å². The average Bonchev–Trinajstić information content (AvgIpc) is 3.38. The molecule has 0 unspecified atom stereocenters. The van der Waals surface area contributed by atoms with Crippen molar-refractivity contribution in [1.29, 1.82) is 0 Å². The number of carboxylic acids is 1. The number of hydrogen-bond donors (Lipinski definition) is 3. The number of nitrogens with one attached hydrogen (secondary N) is 1. The van der Waals surface area contributed by atoms with Crippen molar-refractivity contribution in [2.24, 2.45) is 7.05 Å². The van der Waals surface area contributed by atoms with E-state index in [1.54, 1.807) is 36.0 Å². The Labute approximate surface area is 201 Å². The van der Waals surface area contributed by atoms with Gasteiger partial charge >= 0.3 is 5.97 Å². The molecule has 7 nitrogen and oxygen atoms in total. The van der Waals surface area contributed by atoms with E-state index in [-0.39, 0.29) is 16.4 Å². The molecule has 9 heteroatoms. The summed E-state index contributed by atoms with van der Waals surface area (Å²) in [5.74, 6) is 4.70. The lowest BCUT2D eigenvalue weighted by Gasteiger charge is -2.13. The van der Waals surface area contributed by atoms with Crippen molar-refractivity contribution in [2.75, 3.05) is 0 Å². The van der Waals surface area contributed by atoms with Crippen LogP contribution in [0.25, 0.3) is 10.9 Å². The maximum Gasteiger partial charge on any atom is 0.322 e. The Morgan fingerprint density at radius 1 is 1.12 bits per heavy atom. The maximum absolute atomic E-state index is 12.9. The maximum atomic E-state index is 12.9. The molecule has 2 aromatic heterocycles. The zero-order valence-corrected chi connectivity index (χ0v) is 20.1.